The Bertz CT molecular complexity index is 553. The summed E-state index contributed by atoms with van der Waals surface area (Å²) in [6.45, 7) is 2.01. The normalized spacial score (nSPS) is 11.9. The van der Waals surface area contributed by atoms with Crippen molar-refractivity contribution in [3.8, 4) is 0 Å². The lowest BCUT2D eigenvalue weighted by Crippen LogP contribution is -2.33. The van der Waals surface area contributed by atoms with E-state index in [4.69, 9.17) is 5.73 Å². The third-order valence-corrected chi connectivity index (χ3v) is 2.60. The van der Waals surface area contributed by atoms with Crippen LogP contribution in [0.2, 0.25) is 0 Å². The molecule has 0 aliphatic heterocycles. The molecule has 2 rings (SSSR count). The van der Waals surface area contributed by atoms with Gasteiger partial charge in [0.1, 0.15) is 11.9 Å². The number of rotatable bonds is 3. The van der Waals surface area contributed by atoms with E-state index < -0.39 is 12.0 Å². The predicted molar refractivity (Wildman–Crippen MR) is 71.8 cm³/mol. The van der Waals surface area contributed by atoms with E-state index in [9.17, 15) is 4.79 Å². The monoisotopic (exact) mass is 269 g/mol. The van der Waals surface area contributed by atoms with E-state index in [-0.39, 0.29) is 12.4 Å². The number of halogens is 1. The highest BCUT2D eigenvalue weighted by Crippen LogP contribution is 2.13. The first-order valence-electron chi connectivity index (χ1n) is 5.39. The molecular formula is C12H16ClN3O2. The second kappa shape index (κ2) is 5.84. The Kier molecular flexibility index (Phi) is 4.69. The SMILES string of the molecule is COC(=O)C(N)Cc1nc2ccc(C)cc2[nH]1.Cl. The number of benzene rings is 1. The summed E-state index contributed by atoms with van der Waals surface area (Å²) >= 11 is 0. The number of methoxy groups -OCH3 is 1. The maximum atomic E-state index is 11.2. The van der Waals surface area contributed by atoms with Gasteiger partial charge in [0.15, 0.2) is 0 Å². The third kappa shape index (κ3) is 3.00. The van der Waals surface area contributed by atoms with E-state index in [0.29, 0.717) is 12.2 Å². The lowest BCUT2D eigenvalue weighted by Gasteiger charge is -2.06. The molecule has 0 saturated carbocycles. The Morgan fingerprint density at radius 3 is 2.94 bits per heavy atom. The Hall–Kier alpha value is -1.59. The Balaban J connectivity index is 0.00000162. The number of aromatic nitrogens is 2. The van der Waals surface area contributed by atoms with Crippen LogP contribution < -0.4 is 5.73 Å². The van der Waals surface area contributed by atoms with Crippen molar-refractivity contribution >= 4 is 29.4 Å². The van der Waals surface area contributed by atoms with Gasteiger partial charge in [0.2, 0.25) is 0 Å². The average molecular weight is 270 g/mol. The van der Waals surface area contributed by atoms with Gasteiger partial charge in [-0.15, -0.1) is 12.4 Å². The predicted octanol–water partition coefficient (Wildman–Crippen LogP) is 1.34. The number of carbonyl (C=O) groups excluding carboxylic acids is 1. The van der Waals surface area contributed by atoms with Gasteiger partial charge in [-0.25, -0.2) is 4.98 Å². The number of aromatic amines is 1. The number of fused-ring (bicyclic) bond motifs is 1. The first-order valence-corrected chi connectivity index (χ1v) is 5.39. The van der Waals surface area contributed by atoms with Crippen LogP contribution in [0.1, 0.15) is 11.4 Å². The molecule has 2 aromatic rings. The first kappa shape index (κ1) is 14.5. The Morgan fingerprint density at radius 2 is 2.28 bits per heavy atom. The summed E-state index contributed by atoms with van der Waals surface area (Å²) in [4.78, 5) is 18.7. The van der Waals surface area contributed by atoms with Gasteiger partial charge in [-0.1, -0.05) is 6.07 Å². The highest BCUT2D eigenvalue weighted by atomic mass is 35.5. The fourth-order valence-electron chi connectivity index (χ4n) is 1.72. The number of nitrogens with zero attached hydrogens (tertiary/aromatic N) is 1. The number of carbonyl (C=O) groups is 1. The van der Waals surface area contributed by atoms with Gasteiger partial charge in [-0.2, -0.15) is 0 Å². The molecule has 5 nitrogen and oxygen atoms in total. The summed E-state index contributed by atoms with van der Waals surface area (Å²) in [5, 5.41) is 0. The molecular weight excluding hydrogens is 254 g/mol. The smallest absolute Gasteiger partial charge is 0.323 e. The lowest BCUT2D eigenvalue weighted by molar-refractivity contribution is -0.142. The van der Waals surface area contributed by atoms with Crippen LogP contribution in [0.15, 0.2) is 18.2 Å². The summed E-state index contributed by atoms with van der Waals surface area (Å²) in [6.07, 6.45) is 0.348. The zero-order valence-corrected chi connectivity index (χ0v) is 11.1. The molecule has 6 heteroatoms. The van der Waals surface area contributed by atoms with Crippen molar-refractivity contribution in [3.63, 3.8) is 0 Å². The van der Waals surface area contributed by atoms with Gasteiger partial charge in [-0.05, 0) is 24.6 Å². The molecule has 0 fully saturated rings. The van der Waals surface area contributed by atoms with Crippen molar-refractivity contribution in [1.82, 2.24) is 9.97 Å². The van der Waals surface area contributed by atoms with Crippen LogP contribution in [0.3, 0.4) is 0 Å². The first-order chi connectivity index (χ1) is 8.10. The maximum Gasteiger partial charge on any atom is 0.323 e. The van der Waals surface area contributed by atoms with Gasteiger partial charge in [0.25, 0.3) is 0 Å². The fraction of sp³-hybridized carbons (Fsp3) is 0.333. The number of hydrogen-bond donors (Lipinski definition) is 2. The van der Waals surface area contributed by atoms with Gasteiger partial charge < -0.3 is 15.5 Å². The molecule has 1 atom stereocenters. The van der Waals surface area contributed by atoms with Crippen molar-refractivity contribution in [2.24, 2.45) is 5.73 Å². The van der Waals surface area contributed by atoms with Gasteiger partial charge in [0, 0.05) is 6.42 Å². The maximum absolute atomic E-state index is 11.2. The molecule has 0 aliphatic rings. The molecule has 0 aliphatic carbocycles. The van der Waals surface area contributed by atoms with E-state index in [1.165, 1.54) is 7.11 Å². The highest BCUT2D eigenvalue weighted by Gasteiger charge is 2.16. The molecule has 0 saturated heterocycles. The molecule has 3 N–H and O–H groups in total. The fourth-order valence-corrected chi connectivity index (χ4v) is 1.72. The van der Waals surface area contributed by atoms with Crippen LogP contribution in [0.25, 0.3) is 11.0 Å². The van der Waals surface area contributed by atoms with Crippen molar-refractivity contribution in [1.29, 1.82) is 0 Å². The van der Waals surface area contributed by atoms with E-state index in [1.807, 2.05) is 25.1 Å². The molecule has 1 aromatic heterocycles. The molecule has 0 amide bonds. The van der Waals surface area contributed by atoms with Gasteiger partial charge >= 0.3 is 5.97 Å². The minimum atomic E-state index is -0.679. The summed E-state index contributed by atoms with van der Waals surface area (Å²) in [5.74, 6) is 0.269. The highest BCUT2D eigenvalue weighted by molar-refractivity contribution is 5.85. The summed E-state index contributed by atoms with van der Waals surface area (Å²) < 4.78 is 4.57. The van der Waals surface area contributed by atoms with E-state index in [0.717, 1.165) is 16.6 Å². The molecule has 0 spiro atoms. The van der Waals surface area contributed by atoms with Crippen LogP contribution in [-0.4, -0.2) is 29.1 Å². The Labute approximate surface area is 111 Å². The topological polar surface area (TPSA) is 81.0 Å². The molecule has 1 aromatic carbocycles. The average Bonchev–Trinajstić information content (AvgIpc) is 2.69. The van der Waals surface area contributed by atoms with Crippen molar-refractivity contribution in [2.75, 3.05) is 7.11 Å². The van der Waals surface area contributed by atoms with Crippen molar-refractivity contribution in [2.45, 2.75) is 19.4 Å². The molecule has 1 heterocycles. The van der Waals surface area contributed by atoms with E-state index in [2.05, 4.69) is 14.7 Å². The van der Waals surface area contributed by atoms with Gasteiger partial charge in [0.05, 0.1) is 18.1 Å². The zero-order valence-electron chi connectivity index (χ0n) is 10.3. The molecule has 1 unspecified atom stereocenters. The second-order valence-corrected chi connectivity index (χ2v) is 4.04. The largest absolute Gasteiger partial charge is 0.468 e. The molecule has 18 heavy (non-hydrogen) atoms. The van der Waals surface area contributed by atoms with Crippen LogP contribution >= 0.6 is 12.4 Å². The van der Waals surface area contributed by atoms with Crippen LogP contribution in [-0.2, 0) is 16.0 Å². The lowest BCUT2D eigenvalue weighted by atomic mass is 10.2. The van der Waals surface area contributed by atoms with Crippen molar-refractivity contribution < 1.29 is 9.53 Å². The number of nitrogens with two attached hydrogens (primary N) is 1. The number of hydrogen-bond acceptors (Lipinski definition) is 4. The number of ether oxygens (including phenoxy) is 1. The molecule has 0 radical (unpaired) electrons. The van der Waals surface area contributed by atoms with Crippen LogP contribution in [0.4, 0.5) is 0 Å². The van der Waals surface area contributed by atoms with Crippen LogP contribution in [0, 0.1) is 6.92 Å². The van der Waals surface area contributed by atoms with Gasteiger partial charge in [-0.3, -0.25) is 4.79 Å². The molecule has 0 bridgehead atoms. The number of nitrogens with one attached hydrogen (secondary N) is 1. The van der Waals surface area contributed by atoms with Crippen molar-refractivity contribution in [3.05, 3.63) is 29.6 Å². The number of H-pyrrole nitrogens is 1. The summed E-state index contributed by atoms with van der Waals surface area (Å²) in [6, 6.07) is 5.26. The number of esters is 1. The summed E-state index contributed by atoms with van der Waals surface area (Å²) in [7, 11) is 1.32. The quantitative estimate of drug-likeness (QED) is 0.824. The number of imidazole rings is 1. The standard InChI is InChI=1S/C12H15N3O2.ClH/c1-7-3-4-9-10(5-7)15-11(14-9)6-8(13)12(16)17-2;/h3-5,8H,6,13H2,1-2H3,(H,14,15);1H. The van der Waals surface area contributed by atoms with Crippen LogP contribution in [0.5, 0.6) is 0 Å². The zero-order chi connectivity index (χ0) is 12.4. The summed E-state index contributed by atoms with van der Waals surface area (Å²) in [5.41, 5.74) is 8.67. The number of aryl methyl sites for hydroxylation is 1. The van der Waals surface area contributed by atoms with E-state index >= 15 is 0 Å². The minimum absolute atomic E-state index is 0. The second-order valence-electron chi connectivity index (χ2n) is 4.04. The van der Waals surface area contributed by atoms with E-state index in [1.54, 1.807) is 0 Å². The molecule has 98 valence electrons. The minimum Gasteiger partial charge on any atom is -0.468 e. The third-order valence-electron chi connectivity index (χ3n) is 2.60. The Morgan fingerprint density at radius 1 is 1.56 bits per heavy atom.